The second kappa shape index (κ2) is 6.06. The van der Waals surface area contributed by atoms with Crippen LogP contribution in [0.3, 0.4) is 0 Å². The highest BCUT2D eigenvalue weighted by Gasteiger charge is 2.26. The van der Waals surface area contributed by atoms with Gasteiger partial charge >= 0.3 is 0 Å². The van der Waals surface area contributed by atoms with Gasteiger partial charge in [-0.25, -0.2) is 9.97 Å². The standard InChI is InChI=1S/C14H22ClN3O/c1-4-12-13(15)16-10(3)17-14(12)18-7-5-6-11(8-18)9(2)19/h9,11,19H,4-8H2,1-3H3. The lowest BCUT2D eigenvalue weighted by atomic mass is 9.93. The maximum atomic E-state index is 9.79. The molecule has 2 heterocycles. The van der Waals surface area contributed by atoms with Crippen LogP contribution in [-0.2, 0) is 6.42 Å². The van der Waals surface area contributed by atoms with Crippen LogP contribution in [0.25, 0.3) is 0 Å². The molecule has 4 nitrogen and oxygen atoms in total. The molecule has 1 aliphatic rings. The number of hydrogen-bond donors (Lipinski definition) is 1. The summed E-state index contributed by atoms with van der Waals surface area (Å²) in [5.41, 5.74) is 1.01. The van der Waals surface area contributed by atoms with Gasteiger partial charge in [0.1, 0.15) is 16.8 Å². The van der Waals surface area contributed by atoms with E-state index in [-0.39, 0.29) is 6.10 Å². The summed E-state index contributed by atoms with van der Waals surface area (Å²) in [6, 6.07) is 0. The Bertz CT molecular complexity index is 451. The van der Waals surface area contributed by atoms with Crippen LogP contribution in [0.2, 0.25) is 5.15 Å². The highest BCUT2D eigenvalue weighted by Crippen LogP contribution is 2.29. The van der Waals surface area contributed by atoms with Gasteiger partial charge in [0.25, 0.3) is 0 Å². The molecule has 106 valence electrons. The molecule has 1 fully saturated rings. The van der Waals surface area contributed by atoms with E-state index < -0.39 is 0 Å². The third-order valence-electron chi connectivity index (χ3n) is 3.84. The molecule has 1 aromatic heterocycles. The van der Waals surface area contributed by atoms with Gasteiger partial charge in [-0.15, -0.1) is 0 Å². The van der Waals surface area contributed by atoms with E-state index in [2.05, 4.69) is 21.8 Å². The molecule has 1 N–H and O–H groups in total. The fourth-order valence-electron chi connectivity index (χ4n) is 2.71. The van der Waals surface area contributed by atoms with E-state index in [1.807, 2.05) is 13.8 Å². The van der Waals surface area contributed by atoms with Gasteiger partial charge in [0.05, 0.1) is 6.10 Å². The molecule has 1 saturated heterocycles. The Hall–Kier alpha value is -0.870. The minimum Gasteiger partial charge on any atom is -0.393 e. The zero-order chi connectivity index (χ0) is 14.0. The van der Waals surface area contributed by atoms with Crippen LogP contribution in [0.15, 0.2) is 0 Å². The summed E-state index contributed by atoms with van der Waals surface area (Å²) in [5, 5.41) is 10.4. The molecule has 0 amide bonds. The first kappa shape index (κ1) is 14.5. The third-order valence-corrected chi connectivity index (χ3v) is 4.15. The second-order valence-electron chi connectivity index (χ2n) is 5.31. The minimum atomic E-state index is -0.272. The first-order chi connectivity index (χ1) is 9.02. The molecule has 19 heavy (non-hydrogen) atoms. The summed E-state index contributed by atoms with van der Waals surface area (Å²) in [6.45, 7) is 7.62. The Kier molecular flexibility index (Phi) is 4.63. The number of aliphatic hydroxyl groups excluding tert-OH is 1. The van der Waals surface area contributed by atoms with Gasteiger partial charge in [0.15, 0.2) is 0 Å². The van der Waals surface area contributed by atoms with Crippen LogP contribution >= 0.6 is 11.6 Å². The summed E-state index contributed by atoms with van der Waals surface area (Å²) < 4.78 is 0. The molecule has 0 radical (unpaired) electrons. The molecular formula is C14H22ClN3O. The van der Waals surface area contributed by atoms with Crippen LogP contribution in [-0.4, -0.2) is 34.3 Å². The van der Waals surface area contributed by atoms with Crippen molar-refractivity contribution < 1.29 is 5.11 Å². The van der Waals surface area contributed by atoms with Crippen molar-refractivity contribution in [1.29, 1.82) is 0 Å². The number of halogens is 1. The van der Waals surface area contributed by atoms with Gasteiger partial charge in [-0.1, -0.05) is 18.5 Å². The average Bonchev–Trinajstić information content (AvgIpc) is 2.38. The normalized spacial score (nSPS) is 21.5. The number of piperidine rings is 1. The van der Waals surface area contributed by atoms with Crippen LogP contribution in [0, 0.1) is 12.8 Å². The van der Waals surface area contributed by atoms with Crippen molar-refractivity contribution in [3.63, 3.8) is 0 Å². The van der Waals surface area contributed by atoms with Crippen LogP contribution in [0.5, 0.6) is 0 Å². The van der Waals surface area contributed by atoms with E-state index in [4.69, 9.17) is 11.6 Å². The smallest absolute Gasteiger partial charge is 0.138 e. The lowest BCUT2D eigenvalue weighted by molar-refractivity contribution is 0.115. The summed E-state index contributed by atoms with van der Waals surface area (Å²) in [4.78, 5) is 11.1. The fraction of sp³-hybridized carbons (Fsp3) is 0.714. The zero-order valence-electron chi connectivity index (χ0n) is 11.9. The maximum absolute atomic E-state index is 9.79. The van der Waals surface area contributed by atoms with Crippen LogP contribution < -0.4 is 4.90 Å². The summed E-state index contributed by atoms with van der Waals surface area (Å²) >= 11 is 6.23. The zero-order valence-corrected chi connectivity index (χ0v) is 12.6. The summed E-state index contributed by atoms with van der Waals surface area (Å²) in [7, 11) is 0. The Labute approximate surface area is 119 Å². The van der Waals surface area contributed by atoms with Gasteiger partial charge < -0.3 is 10.0 Å². The van der Waals surface area contributed by atoms with Gasteiger partial charge in [0.2, 0.25) is 0 Å². The van der Waals surface area contributed by atoms with Crippen molar-refractivity contribution in [1.82, 2.24) is 9.97 Å². The molecule has 2 unspecified atom stereocenters. The van der Waals surface area contributed by atoms with Crippen molar-refractivity contribution in [2.75, 3.05) is 18.0 Å². The first-order valence-corrected chi connectivity index (χ1v) is 7.36. The molecule has 2 atom stereocenters. The molecule has 1 aliphatic heterocycles. The second-order valence-corrected chi connectivity index (χ2v) is 5.66. The van der Waals surface area contributed by atoms with Gasteiger partial charge in [-0.2, -0.15) is 0 Å². The predicted molar refractivity (Wildman–Crippen MR) is 77.8 cm³/mol. The van der Waals surface area contributed by atoms with Gasteiger partial charge in [-0.3, -0.25) is 0 Å². The number of aromatic nitrogens is 2. The molecule has 5 heteroatoms. The molecule has 1 aromatic rings. The van der Waals surface area contributed by atoms with Gasteiger partial charge in [0, 0.05) is 24.6 Å². The van der Waals surface area contributed by atoms with Crippen molar-refractivity contribution in [3.05, 3.63) is 16.5 Å². The van der Waals surface area contributed by atoms with Crippen molar-refractivity contribution in [3.8, 4) is 0 Å². The third kappa shape index (κ3) is 3.18. The lowest BCUT2D eigenvalue weighted by Gasteiger charge is -2.36. The highest BCUT2D eigenvalue weighted by molar-refractivity contribution is 6.30. The Morgan fingerprint density at radius 3 is 2.84 bits per heavy atom. The lowest BCUT2D eigenvalue weighted by Crippen LogP contribution is -2.40. The number of rotatable bonds is 3. The molecule has 0 aliphatic carbocycles. The Morgan fingerprint density at radius 1 is 1.47 bits per heavy atom. The van der Waals surface area contributed by atoms with E-state index in [9.17, 15) is 5.11 Å². The topological polar surface area (TPSA) is 49.2 Å². The number of hydrogen-bond acceptors (Lipinski definition) is 4. The molecule has 0 spiro atoms. The molecule has 0 aromatic carbocycles. The number of aryl methyl sites for hydroxylation is 1. The SMILES string of the molecule is CCc1c(Cl)nc(C)nc1N1CCCC(C(C)O)C1. The number of aliphatic hydroxyl groups is 1. The van der Waals surface area contributed by atoms with Crippen LogP contribution in [0.4, 0.5) is 5.82 Å². The van der Waals surface area contributed by atoms with E-state index in [0.717, 1.165) is 43.7 Å². The summed E-state index contributed by atoms with van der Waals surface area (Å²) in [5.74, 6) is 1.97. The van der Waals surface area contributed by atoms with E-state index >= 15 is 0 Å². The Morgan fingerprint density at radius 2 is 2.21 bits per heavy atom. The Balaban J connectivity index is 2.30. The van der Waals surface area contributed by atoms with Crippen molar-refractivity contribution in [2.24, 2.45) is 5.92 Å². The number of nitrogens with zero attached hydrogens (tertiary/aromatic N) is 3. The molecule has 2 rings (SSSR count). The molecule has 0 saturated carbocycles. The molecule has 0 bridgehead atoms. The van der Waals surface area contributed by atoms with Crippen LogP contribution in [0.1, 0.15) is 38.1 Å². The largest absolute Gasteiger partial charge is 0.393 e. The fourth-order valence-corrected chi connectivity index (χ4v) is 3.05. The van der Waals surface area contributed by atoms with E-state index in [1.54, 1.807) is 0 Å². The molecular weight excluding hydrogens is 262 g/mol. The highest BCUT2D eigenvalue weighted by atomic mass is 35.5. The van der Waals surface area contributed by atoms with E-state index in [0.29, 0.717) is 16.9 Å². The van der Waals surface area contributed by atoms with Crippen molar-refractivity contribution >= 4 is 17.4 Å². The van der Waals surface area contributed by atoms with Gasteiger partial charge in [-0.05, 0) is 33.1 Å². The monoisotopic (exact) mass is 283 g/mol. The predicted octanol–water partition coefficient (Wildman–Crippen LogP) is 2.60. The minimum absolute atomic E-state index is 0.272. The number of anilines is 1. The maximum Gasteiger partial charge on any atom is 0.138 e. The van der Waals surface area contributed by atoms with Crippen molar-refractivity contribution in [2.45, 2.75) is 46.1 Å². The average molecular weight is 284 g/mol. The van der Waals surface area contributed by atoms with E-state index in [1.165, 1.54) is 0 Å². The first-order valence-electron chi connectivity index (χ1n) is 6.99. The summed E-state index contributed by atoms with van der Waals surface area (Å²) in [6.07, 6.45) is 2.71. The quantitative estimate of drug-likeness (QED) is 0.867.